The van der Waals surface area contributed by atoms with Gasteiger partial charge in [0.15, 0.2) is 0 Å². The van der Waals surface area contributed by atoms with Gasteiger partial charge in [-0.2, -0.15) is 5.10 Å². The number of hydrogen-bond acceptors (Lipinski definition) is 6. The number of pyridine rings is 2. The number of nitrogens with zero attached hydrogens (tertiary/aromatic N) is 6. The zero-order valence-electron chi connectivity index (χ0n) is 20.6. The van der Waals surface area contributed by atoms with Crippen molar-refractivity contribution in [1.82, 2.24) is 39.6 Å². The van der Waals surface area contributed by atoms with Gasteiger partial charge in [-0.25, -0.2) is 9.97 Å². The second kappa shape index (κ2) is 8.99. The largest absolute Gasteiger partial charge is 0.353 e. The number of benzene rings is 1. The number of H-pyrrole nitrogens is 2. The minimum Gasteiger partial charge on any atom is -0.353 e. The summed E-state index contributed by atoms with van der Waals surface area (Å²) >= 11 is 0. The highest BCUT2D eigenvalue weighted by atomic mass is 16.2. The number of nitrogens with one attached hydrogen (secondary N) is 3. The Balaban J connectivity index is 1.38. The lowest BCUT2D eigenvalue weighted by atomic mass is 10.1. The van der Waals surface area contributed by atoms with Gasteiger partial charge < -0.3 is 19.8 Å². The van der Waals surface area contributed by atoms with E-state index in [2.05, 4.69) is 42.6 Å². The van der Waals surface area contributed by atoms with E-state index >= 15 is 0 Å². The summed E-state index contributed by atoms with van der Waals surface area (Å²) in [4.78, 5) is 31.1. The molecule has 5 heterocycles. The van der Waals surface area contributed by atoms with Crippen molar-refractivity contribution in [2.24, 2.45) is 0 Å². The smallest absolute Gasteiger partial charge is 0.238 e. The third kappa shape index (κ3) is 4.34. The van der Waals surface area contributed by atoms with E-state index < -0.39 is 0 Å². The molecule has 0 saturated heterocycles. The summed E-state index contributed by atoms with van der Waals surface area (Å²) in [5.74, 6) is -0.103. The van der Waals surface area contributed by atoms with Crippen molar-refractivity contribution in [3.63, 3.8) is 0 Å². The molecule has 10 heteroatoms. The summed E-state index contributed by atoms with van der Waals surface area (Å²) in [5, 5.41) is 11.6. The number of hydrogen-bond donors (Lipinski definition) is 3. The fourth-order valence-electron chi connectivity index (χ4n) is 4.43. The molecule has 0 aliphatic rings. The number of carbonyl (C=O) groups excluding carboxylic acids is 1. The molecule has 1 aromatic carbocycles. The number of anilines is 1. The van der Waals surface area contributed by atoms with Crippen LogP contribution in [0.4, 0.5) is 5.69 Å². The number of carbonyl (C=O) groups is 1. The van der Waals surface area contributed by atoms with Crippen molar-refractivity contribution in [2.45, 2.75) is 6.92 Å². The van der Waals surface area contributed by atoms with Crippen molar-refractivity contribution in [3.8, 4) is 28.3 Å². The summed E-state index contributed by atoms with van der Waals surface area (Å²) in [6.07, 6.45) is 7.19. The first kappa shape index (κ1) is 22.6. The third-order valence-electron chi connectivity index (χ3n) is 6.07. The number of likely N-dealkylation sites (N-methyl/N-ethyl adjacent to an activating group) is 1. The zero-order chi connectivity index (χ0) is 25.5. The molecule has 6 rings (SSSR count). The fourth-order valence-corrected chi connectivity index (χ4v) is 4.43. The van der Waals surface area contributed by atoms with Gasteiger partial charge >= 0.3 is 0 Å². The number of rotatable bonds is 6. The SMILES string of the molecule is Cc1cn(-c2cccc3[nH]c(-c4n[nH]c5ccc(-c6cncc(NC(=O)CN(C)C)c6)nc45)cc23)cn1. The second-order valence-electron chi connectivity index (χ2n) is 9.26. The Morgan fingerprint density at radius 1 is 1.11 bits per heavy atom. The summed E-state index contributed by atoms with van der Waals surface area (Å²) in [5.41, 5.74) is 8.29. The molecule has 0 atom stereocenters. The average molecular weight is 492 g/mol. The highest BCUT2D eigenvalue weighted by Crippen LogP contribution is 2.32. The van der Waals surface area contributed by atoms with E-state index in [1.165, 1.54) is 0 Å². The normalized spacial score (nSPS) is 11.6. The maximum atomic E-state index is 12.2. The van der Waals surface area contributed by atoms with Crippen LogP contribution in [0, 0.1) is 6.92 Å². The number of aromatic amines is 2. The lowest BCUT2D eigenvalue weighted by molar-refractivity contribution is -0.116. The van der Waals surface area contributed by atoms with Gasteiger partial charge in [-0.15, -0.1) is 0 Å². The first-order valence-corrected chi connectivity index (χ1v) is 11.8. The molecule has 0 saturated carbocycles. The third-order valence-corrected chi connectivity index (χ3v) is 6.07. The van der Waals surface area contributed by atoms with Gasteiger partial charge in [0.05, 0.1) is 53.0 Å². The molecule has 37 heavy (non-hydrogen) atoms. The Kier molecular flexibility index (Phi) is 5.50. The Morgan fingerprint density at radius 2 is 2.00 bits per heavy atom. The predicted octanol–water partition coefficient (Wildman–Crippen LogP) is 4.16. The molecule has 0 aliphatic heterocycles. The number of fused-ring (bicyclic) bond motifs is 2. The summed E-state index contributed by atoms with van der Waals surface area (Å²) < 4.78 is 2.02. The van der Waals surface area contributed by atoms with Crippen molar-refractivity contribution < 1.29 is 4.79 Å². The standard InChI is InChI=1S/C27H25N9O/c1-16-13-36(15-29-16)24-6-4-5-21-19(24)10-23(31-21)27-26-22(33-34-27)8-7-20(32-26)17-9-18(12-28-11-17)30-25(37)14-35(2)3/h4-13,15,31H,14H2,1-3H3,(H,30,37)(H,33,34). The Morgan fingerprint density at radius 3 is 2.81 bits per heavy atom. The average Bonchev–Trinajstić information content (AvgIpc) is 3.60. The summed E-state index contributed by atoms with van der Waals surface area (Å²) in [7, 11) is 3.70. The molecular weight excluding hydrogens is 466 g/mol. The van der Waals surface area contributed by atoms with Gasteiger partial charge in [0.1, 0.15) is 11.2 Å². The maximum absolute atomic E-state index is 12.2. The molecule has 0 radical (unpaired) electrons. The van der Waals surface area contributed by atoms with Crippen LogP contribution < -0.4 is 5.32 Å². The molecule has 10 nitrogen and oxygen atoms in total. The zero-order valence-corrected chi connectivity index (χ0v) is 20.6. The van der Waals surface area contributed by atoms with Crippen LogP contribution in [0.25, 0.3) is 50.3 Å². The van der Waals surface area contributed by atoms with Crippen molar-refractivity contribution in [2.75, 3.05) is 26.0 Å². The summed E-state index contributed by atoms with van der Waals surface area (Å²) in [6, 6.07) is 14.0. The molecule has 0 bridgehead atoms. The van der Waals surface area contributed by atoms with Crippen LogP contribution in [0.3, 0.4) is 0 Å². The summed E-state index contributed by atoms with van der Waals surface area (Å²) in [6.45, 7) is 2.26. The minimum atomic E-state index is -0.103. The number of aromatic nitrogens is 7. The van der Waals surface area contributed by atoms with Gasteiger partial charge in [-0.1, -0.05) is 6.07 Å². The van der Waals surface area contributed by atoms with Gasteiger partial charge in [-0.3, -0.25) is 14.9 Å². The molecule has 0 fully saturated rings. The highest BCUT2D eigenvalue weighted by Gasteiger charge is 2.16. The molecule has 5 aromatic heterocycles. The van der Waals surface area contributed by atoms with Crippen LogP contribution >= 0.6 is 0 Å². The van der Waals surface area contributed by atoms with E-state index in [1.807, 2.05) is 73.3 Å². The Bertz CT molecular complexity index is 1760. The number of aryl methyl sites for hydroxylation is 1. The lowest BCUT2D eigenvalue weighted by Crippen LogP contribution is -2.27. The first-order valence-electron chi connectivity index (χ1n) is 11.8. The Labute approximate surface area is 212 Å². The van der Waals surface area contributed by atoms with Gasteiger partial charge in [0.2, 0.25) is 5.91 Å². The van der Waals surface area contributed by atoms with E-state index in [1.54, 1.807) is 12.4 Å². The molecule has 1 amide bonds. The molecule has 0 unspecified atom stereocenters. The van der Waals surface area contributed by atoms with Crippen LogP contribution in [-0.4, -0.2) is 66.1 Å². The lowest BCUT2D eigenvalue weighted by Gasteiger charge is -2.10. The van der Waals surface area contributed by atoms with E-state index in [0.29, 0.717) is 12.2 Å². The van der Waals surface area contributed by atoms with Crippen molar-refractivity contribution in [1.29, 1.82) is 0 Å². The molecule has 184 valence electrons. The van der Waals surface area contributed by atoms with Gasteiger partial charge in [-0.05, 0) is 57.4 Å². The van der Waals surface area contributed by atoms with E-state index in [4.69, 9.17) is 4.98 Å². The quantitative estimate of drug-likeness (QED) is 0.322. The Hall–Kier alpha value is -4.83. The molecular formula is C27H25N9O. The monoisotopic (exact) mass is 491 g/mol. The molecule has 6 aromatic rings. The topological polar surface area (TPSA) is 120 Å². The van der Waals surface area contributed by atoms with Crippen LogP contribution in [0.5, 0.6) is 0 Å². The van der Waals surface area contributed by atoms with Crippen LogP contribution in [0.2, 0.25) is 0 Å². The van der Waals surface area contributed by atoms with E-state index in [0.717, 1.165) is 56.0 Å². The highest BCUT2D eigenvalue weighted by molar-refractivity contribution is 5.97. The van der Waals surface area contributed by atoms with Gasteiger partial charge in [0.25, 0.3) is 0 Å². The van der Waals surface area contributed by atoms with Gasteiger partial charge in [0, 0.05) is 28.9 Å². The fraction of sp³-hybridized carbons (Fsp3) is 0.148. The first-order chi connectivity index (χ1) is 17.9. The minimum absolute atomic E-state index is 0.103. The van der Waals surface area contributed by atoms with E-state index in [9.17, 15) is 4.79 Å². The van der Waals surface area contributed by atoms with Crippen molar-refractivity contribution >= 4 is 33.5 Å². The van der Waals surface area contributed by atoms with Crippen LogP contribution in [-0.2, 0) is 4.79 Å². The molecule has 0 spiro atoms. The van der Waals surface area contributed by atoms with Crippen LogP contribution in [0.1, 0.15) is 5.69 Å². The van der Waals surface area contributed by atoms with Crippen molar-refractivity contribution in [3.05, 3.63) is 73.1 Å². The molecule has 0 aliphatic carbocycles. The number of amides is 1. The van der Waals surface area contributed by atoms with Crippen LogP contribution in [0.15, 0.2) is 67.4 Å². The maximum Gasteiger partial charge on any atom is 0.238 e. The number of imidazole rings is 1. The van der Waals surface area contributed by atoms with E-state index in [-0.39, 0.29) is 5.91 Å². The molecule has 3 N–H and O–H groups in total. The predicted molar refractivity (Wildman–Crippen MR) is 143 cm³/mol. The second-order valence-corrected chi connectivity index (χ2v) is 9.26.